The average molecular weight is 441 g/mol. The van der Waals surface area contributed by atoms with Gasteiger partial charge in [-0.3, -0.25) is 14.4 Å². The minimum absolute atomic E-state index is 0.0531. The maximum Gasteiger partial charge on any atom is 0.306 e. The van der Waals surface area contributed by atoms with E-state index in [2.05, 4.69) is 13.8 Å². The molecule has 0 amide bonds. The number of carbonyl (C=O) groups excluding carboxylic acids is 1. The van der Waals surface area contributed by atoms with E-state index in [1.54, 1.807) is 0 Å². The van der Waals surface area contributed by atoms with Crippen LogP contribution in [0.5, 0.6) is 0 Å². The number of hydrogen-bond acceptors (Lipinski definition) is 5. The molecule has 2 saturated carbocycles. The van der Waals surface area contributed by atoms with Gasteiger partial charge in [0.05, 0.1) is 25.0 Å². The molecule has 0 aliphatic heterocycles. The van der Waals surface area contributed by atoms with Crippen LogP contribution in [0.25, 0.3) is 0 Å². The van der Waals surface area contributed by atoms with Crippen LogP contribution in [0.2, 0.25) is 0 Å². The summed E-state index contributed by atoms with van der Waals surface area (Å²) >= 11 is 0. The fraction of sp³-hybridized carbons (Fsp3) is 0.875. The zero-order valence-electron chi connectivity index (χ0n) is 19.5. The summed E-state index contributed by atoms with van der Waals surface area (Å²) in [5, 5.41) is 29.1. The molecule has 2 aliphatic carbocycles. The van der Waals surface area contributed by atoms with Crippen LogP contribution >= 0.6 is 0 Å². The first-order valence-electron chi connectivity index (χ1n) is 11.6. The molecule has 0 unspecified atom stereocenters. The van der Waals surface area contributed by atoms with Gasteiger partial charge in [0, 0.05) is 11.8 Å². The number of rotatable bonds is 10. The van der Waals surface area contributed by atoms with Gasteiger partial charge < -0.3 is 20.1 Å². The summed E-state index contributed by atoms with van der Waals surface area (Å²) in [5.41, 5.74) is -1.14. The lowest BCUT2D eigenvalue weighted by atomic mass is 9.45. The fourth-order valence-corrected chi connectivity index (χ4v) is 6.63. The molecule has 7 nitrogen and oxygen atoms in total. The number of carbonyl (C=O) groups is 3. The van der Waals surface area contributed by atoms with Crippen LogP contribution in [0.1, 0.15) is 91.9 Å². The van der Waals surface area contributed by atoms with Crippen LogP contribution < -0.4 is 0 Å². The third-order valence-electron chi connectivity index (χ3n) is 8.16. The van der Waals surface area contributed by atoms with Gasteiger partial charge in [-0.2, -0.15) is 0 Å². The second kappa shape index (κ2) is 9.88. The highest BCUT2D eigenvalue weighted by Gasteiger charge is 2.59. The standard InChI is InChI=1S/C24H40O7/c1-16(14-20(27)28)6-7-18-23(3)12-5-11-22(2,17(23)10-13-24(18,4)30)15-31-21(29)9-8-19(25)26/h16-18,30H,5-15H2,1-4H3,(H,25,26)(H,27,28)/t16-,17+,18-,22+,23+,24-/m0/s1. The number of carboxylic acid groups (broad SMARTS) is 2. The molecule has 0 bridgehead atoms. The van der Waals surface area contributed by atoms with Crippen LogP contribution in [-0.4, -0.2) is 45.4 Å². The minimum atomic E-state index is -1.01. The van der Waals surface area contributed by atoms with Gasteiger partial charge in [-0.1, -0.05) is 27.2 Å². The second-order valence-electron chi connectivity index (χ2n) is 10.8. The minimum Gasteiger partial charge on any atom is -0.481 e. The maximum atomic E-state index is 12.0. The molecular formula is C24H40O7. The first-order valence-corrected chi connectivity index (χ1v) is 11.6. The Bertz CT molecular complexity index is 673. The summed E-state index contributed by atoms with van der Waals surface area (Å²) in [6.45, 7) is 8.55. The molecule has 6 atom stereocenters. The number of aliphatic carboxylic acids is 2. The lowest BCUT2D eigenvalue weighted by Crippen LogP contribution is -2.59. The molecule has 2 rings (SSSR count). The molecule has 0 aromatic heterocycles. The number of fused-ring (bicyclic) bond motifs is 1. The zero-order valence-corrected chi connectivity index (χ0v) is 19.5. The van der Waals surface area contributed by atoms with Crippen molar-refractivity contribution in [2.75, 3.05) is 6.61 Å². The van der Waals surface area contributed by atoms with Gasteiger partial charge in [-0.05, 0) is 68.6 Å². The molecule has 0 spiro atoms. The summed E-state index contributed by atoms with van der Waals surface area (Å²) in [6, 6.07) is 0. The molecule has 0 heterocycles. The lowest BCUT2D eigenvalue weighted by Gasteiger charge is -2.61. The molecule has 0 saturated heterocycles. The highest BCUT2D eigenvalue weighted by atomic mass is 16.5. The Kier molecular flexibility index (Phi) is 8.17. The van der Waals surface area contributed by atoms with Crippen LogP contribution in [0.3, 0.4) is 0 Å². The van der Waals surface area contributed by atoms with E-state index < -0.39 is 23.5 Å². The molecule has 0 aromatic rings. The van der Waals surface area contributed by atoms with Crippen molar-refractivity contribution in [3.63, 3.8) is 0 Å². The van der Waals surface area contributed by atoms with E-state index in [9.17, 15) is 19.5 Å². The molecule has 3 N–H and O–H groups in total. The molecule has 2 aliphatic rings. The van der Waals surface area contributed by atoms with E-state index in [0.717, 1.165) is 38.5 Å². The zero-order chi connectivity index (χ0) is 23.4. The van der Waals surface area contributed by atoms with E-state index in [0.29, 0.717) is 6.42 Å². The highest BCUT2D eigenvalue weighted by Crippen LogP contribution is 2.63. The van der Waals surface area contributed by atoms with Crippen LogP contribution in [0.15, 0.2) is 0 Å². The quantitative estimate of drug-likeness (QED) is 0.434. The number of ether oxygens (including phenoxy) is 1. The van der Waals surface area contributed by atoms with E-state index >= 15 is 0 Å². The smallest absolute Gasteiger partial charge is 0.306 e. The van der Waals surface area contributed by atoms with Gasteiger partial charge >= 0.3 is 17.9 Å². The van der Waals surface area contributed by atoms with E-state index in [1.807, 2.05) is 13.8 Å². The monoisotopic (exact) mass is 440 g/mol. The Morgan fingerprint density at radius 1 is 1.03 bits per heavy atom. The first kappa shape index (κ1) is 25.6. The van der Waals surface area contributed by atoms with Crippen molar-refractivity contribution in [2.45, 2.75) is 97.5 Å². The predicted octanol–water partition coefficient (Wildman–Crippen LogP) is 4.26. The summed E-state index contributed by atoms with van der Waals surface area (Å²) in [4.78, 5) is 33.8. The number of carboxylic acids is 2. The largest absolute Gasteiger partial charge is 0.481 e. The average Bonchev–Trinajstić information content (AvgIpc) is 2.63. The van der Waals surface area contributed by atoms with E-state index in [4.69, 9.17) is 14.9 Å². The Morgan fingerprint density at radius 3 is 2.32 bits per heavy atom. The molecule has 0 aromatic carbocycles. The van der Waals surface area contributed by atoms with Gasteiger partial charge in [-0.25, -0.2) is 0 Å². The van der Waals surface area contributed by atoms with E-state index in [-0.39, 0.29) is 54.5 Å². The van der Waals surface area contributed by atoms with Crippen molar-refractivity contribution in [3.05, 3.63) is 0 Å². The Hall–Kier alpha value is -1.63. The Morgan fingerprint density at radius 2 is 1.71 bits per heavy atom. The van der Waals surface area contributed by atoms with Crippen molar-refractivity contribution in [3.8, 4) is 0 Å². The van der Waals surface area contributed by atoms with Gasteiger partial charge in [-0.15, -0.1) is 0 Å². The van der Waals surface area contributed by atoms with Gasteiger partial charge in [0.1, 0.15) is 0 Å². The van der Waals surface area contributed by atoms with E-state index in [1.165, 1.54) is 0 Å². The van der Waals surface area contributed by atoms with Crippen molar-refractivity contribution < 1.29 is 34.4 Å². The summed E-state index contributed by atoms with van der Waals surface area (Å²) in [6.07, 6.45) is 5.77. The SMILES string of the molecule is C[C@@H](CC[C@H]1[C@]2(C)CCC[C@](C)(COC(=O)CCC(=O)O)[C@H]2CC[C@]1(C)O)CC(=O)O. The third kappa shape index (κ3) is 6.21. The van der Waals surface area contributed by atoms with Crippen molar-refractivity contribution in [1.82, 2.24) is 0 Å². The van der Waals surface area contributed by atoms with Gasteiger partial charge in [0.25, 0.3) is 0 Å². The third-order valence-corrected chi connectivity index (χ3v) is 8.16. The summed E-state index contributed by atoms with van der Waals surface area (Å²) < 4.78 is 5.53. The molecule has 7 heteroatoms. The summed E-state index contributed by atoms with van der Waals surface area (Å²) in [7, 11) is 0. The van der Waals surface area contributed by atoms with Crippen molar-refractivity contribution >= 4 is 17.9 Å². The first-order chi connectivity index (χ1) is 14.3. The molecule has 31 heavy (non-hydrogen) atoms. The second-order valence-corrected chi connectivity index (χ2v) is 10.8. The normalized spacial score (nSPS) is 36.3. The predicted molar refractivity (Wildman–Crippen MR) is 115 cm³/mol. The molecular weight excluding hydrogens is 400 g/mol. The van der Waals surface area contributed by atoms with Crippen LogP contribution in [-0.2, 0) is 19.1 Å². The Labute approximate surface area is 185 Å². The highest BCUT2D eigenvalue weighted by molar-refractivity contribution is 5.76. The van der Waals surface area contributed by atoms with Crippen LogP contribution in [0.4, 0.5) is 0 Å². The topological polar surface area (TPSA) is 121 Å². The molecule has 2 fully saturated rings. The fourth-order valence-electron chi connectivity index (χ4n) is 6.63. The van der Waals surface area contributed by atoms with Gasteiger partial charge in [0.15, 0.2) is 0 Å². The molecule has 178 valence electrons. The Balaban J connectivity index is 2.13. The van der Waals surface area contributed by atoms with Crippen molar-refractivity contribution in [2.24, 2.45) is 28.6 Å². The number of aliphatic hydroxyl groups is 1. The maximum absolute atomic E-state index is 12.0. The number of hydrogen-bond donors (Lipinski definition) is 3. The van der Waals surface area contributed by atoms with Crippen molar-refractivity contribution in [1.29, 1.82) is 0 Å². The lowest BCUT2D eigenvalue weighted by molar-refractivity contribution is -0.188. The summed E-state index contributed by atoms with van der Waals surface area (Å²) in [5.74, 6) is -1.89. The van der Waals surface area contributed by atoms with Crippen LogP contribution in [0, 0.1) is 28.6 Å². The van der Waals surface area contributed by atoms with Gasteiger partial charge in [0.2, 0.25) is 0 Å². The molecule has 0 radical (unpaired) electrons. The number of esters is 1.